The first-order chi connectivity index (χ1) is 21.3. The van der Waals surface area contributed by atoms with E-state index < -0.39 is 18.4 Å². The van der Waals surface area contributed by atoms with E-state index in [2.05, 4.69) is 41.2 Å². The van der Waals surface area contributed by atoms with Crippen LogP contribution in [0.25, 0.3) is 5.82 Å². The van der Waals surface area contributed by atoms with Crippen molar-refractivity contribution < 1.29 is 23.1 Å². The predicted molar refractivity (Wildman–Crippen MR) is 162 cm³/mol. The van der Waals surface area contributed by atoms with Crippen molar-refractivity contribution in [2.24, 2.45) is 0 Å². The van der Waals surface area contributed by atoms with Gasteiger partial charge in [-0.1, -0.05) is 6.07 Å². The highest BCUT2D eigenvalue weighted by Crippen LogP contribution is 2.27. The molecule has 5 rings (SSSR count). The molecule has 0 spiro atoms. The first kappa shape index (κ1) is 30.5. The van der Waals surface area contributed by atoms with Gasteiger partial charge in [-0.2, -0.15) is 9.78 Å². The lowest BCUT2D eigenvalue weighted by Gasteiger charge is -2.26. The van der Waals surface area contributed by atoms with Gasteiger partial charge in [0.05, 0.1) is 13.2 Å². The monoisotopic (exact) mass is 605 g/mol. The van der Waals surface area contributed by atoms with Crippen molar-refractivity contribution in [2.45, 2.75) is 13.6 Å². The van der Waals surface area contributed by atoms with Gasteiger partial charge in [-0.05, 0) is 42.8 Å². The Morgan fingerprint density at radius 2 is 1.84 bits per heavy atom. The van der Waals surface area contributed by atoms with Crippen LogP contribution in [0, 0.1) is 12.7 Å². The number of aromatic nitrogens is 4. The molecular formula is C30H33F2N9O3. The molecule has 0 saturated carbocycles. The van der Waals surface area contributed by atoms with Crippen LogP contribution in [0.2, 0.25) is 0 Å². The zero-order valence-corrected chi connectivity index (χ0v) is 24.4. The molecule has 2 aromatic carbocycles. The SMILES string of the molecule is CNC(=O)c1cc(Nc2cc(NC(=O)c3ccc(F)c(CF)c3)ccc2C)n(-c2cc(NCCN3CCOCC3)ncn2)n1. The van der Waals surface area contributed by atoms with Gasteiger partial charge in [0.15, 0.2) is 11.5 Å². The van der Waals surface area contributed by atoms with E-state index in [0.717, 1.165) is 44.5 Å². The van der Waals surface area contributed by atoms with E-state index in [-0.39, 0.29) is 22.7 Å². The number of amides is 2. The fraction of sp³-hybridized carbons (Fsp3) is 0.300. The minimum atomic E-state index is -1.02. The Bertz CT molecular complexity index is 1640. The van der Waals surface area contributed by atoms with Crippen LogP contribution in [0.5, 0.6) is 0 Å². The normalized spacial score (nSPS) is 13.4. The number of nitrogens with one attached hydrogen (secondary N) is 4. The molecule has 1 saturated heterocycles. The quantitative estimate of drug-likeness (QED) is 0.202. The van der Waals surface area contributed by atoms with Gasteiger partial charge in [-0.15, -0.1) is 0 Å². The minimum absolute atomic E-state index is 0.126. The summed E-state index contributed by atoms with van der Waals surface area (Å²) in [4.78, 5) is 36.3. The largest absolute Gasteiger partial charge is 0.379 e. The molecule has 0 radical (unpaired) electrons. The summed E-state index contributed by atoms with van der Waals surface area (Å²) in [6.07, 6.45) is 1.42. The highest BCUT2D eigenvalue weighted by molar-refractivity contribution is 6.04. The molecule has 4 aromatic rings. The number of ether oxygens (including phenoxy) is 1. The van der Waals surface area contributed by atoms with E-state index in [9.17, 15) is 18.4 Å². The van der Waals surface area contributed by atoms with E-state index in [1.807, 2.05) is 6.92 Å². The number of carbonyl (C=O) groups excluding carboxylic acids is 2. The Morgan fingerprint density at radius 3 is 2.61 bits per heavy atom. The van der Waals surface area contributed by atoms with E-state index in [1.54, 1.807) is 30.3 Å². The number of alkyl halides is 1. The first-order valence-corrected chi connectivity index (χ1v) is 14.1. The summed E-state index contributed by atoms with van der Waals surface area (Å²) in [6.45, 7) is 5.60. The van der Waals surface area contributed by atoms with Crippen molar-refractivity contribution in [3.05, 3.63) is 83.1 Å². The molecule has 0 atom stereocenters. The number of hydrogen-bond acceptors (Lipinski definition) is 9. The average molecular weight is 606 g/mol. The van der Waals surface area contributed by atoms with Crippen LogP contribution < -0.4 is 21.3 Å². The van der Waals surface area contributed by atoms with Crippen LogP contribution >= 0.6 is 0 Å². The molecule has 1 fully saturated rings. The summed E-state index contributed by atoms with van der Waals surface area (Å²) >= 11 is 0. The molecule has 14 heteroatoms. The van der Waals surface area contributed by atoms with Gasteiger partial charge in [0.25, 0.3) is 11.8 Å². The number of nitrogens with zero attached hydrogens (tertiary/aromatic N) is 5. The van der Waals surface area contributed by atoms with Crippen LogP contribution in [-0.4, -0.2) is 82.9 Å². The lowest BCUT2D eigenvalue weighted by atomic mass is 10.1. The van der Waals surface area contributed by atoms with Gasteiger partial charge < -0.3 is 26.0 Å². The molecule has 12 nitrogen and oxygen atoms in total. The summed E-state index contributed by atoms with van der Waals surface area (Å²) in [5.41, 5.74) is 2.00. The molecule has 2 aromatic heterocycles. The maximum atomic E-state index is 13.7. The Morgan fingerprint density at radius 1 is 1.02 bits per heavy atom. The number of benzene rings is 2. The number of morpholine rings is 1. The number of carbonyl (C=O) groups is 2. The number of anilines is 4. The van der Waals surface area contributed by atoms with Crippen LogP contribution in [0.1, 0.15) is 32.0 Å². The van der Waals surface area contributed by atoms with Crippen LogP contribution in [0.15, 0.2) is 54.9 Å². The van der Waals surface area contributed by atoms with Crippen molar-refractivity contribution in [3.8, 4) is 5.82 Å². The van der Waals surface area contributed by atoms with Gasteiger partial charge in [0.1, 0.15) is 30.5 Å². The predicted octanol–water partition coefficient (Wildman–Crippen LogP) is 3.68. The van der Waals surface area contributed by atoms with E-state index >= 15 is 0 Å². The lowest BCUT2D eigenvalue weighted by Crippen LogP contribution is -2.39. The molecule has 230 valence electrons. The molecule has 44 heavy (non-hydrogen) atoms. The van der Waals surface area contributed by atoms with E-state index in [1.165, 1.54) is 30.2 Å². The second kappa shape index (κ2) is 14.0. The van der Waals surface area contributed by atoms with Gasteiger partial charge in [0, 0.05) is 67.9 Å². The third-order valence-corrected chi connectivity index (χ3v) is 7.09. The Kier molecular flexibility index (Phi) is 9.72. The molecule has 1 aliphatic rings. The van der Waals surface area contributed by atoms with Crippen molar-refractivity contribution in [1.29, 1.82) is 0 Å². The molecular weight excluding hydrogens is 572 g/mol. The summed E-state index contributed by atoms with van der Waals surface area (Å²) in [6, 6.07) is 12.1. The zero-order chi connectivity index (χ0) is 31.1. The maximum absolute atomic E-state index is 13.7. The second-order valence-corrected chi connectivity index (χ2v) is 10.1. The molecule has 0 unspecified atom stereocenters. The topological polar surface area (TPSA) is 138 Å². The average Bonchev–Trinajstić information content (AvgIpc) is 3.47. The van der Waals surface area contributed by atoms with E-state index in [4.69, 9.17) is 4.74 Å². The van der Waals surface area contributed by atoms with Crippen molar-refractivity contribution in [1.82, 2.24) is 30.0 Å². The van der Waals surface area contributed by atoms with Crippen molar-refractivity contribution in [2.75, 3.05) is 62.4 Å². The summed E-state index contributed by atoms with van der Waals surface area (Å²) < 4.78 is 33.7. The Labute approximate surface area is 252 Å². The second-order valence-electron chi connectivity index (χ2n) is 10.1. The molecule has 2 amide bonds. The summed E-state index contributed by atoms with van der Waals surface area (Å²) in [7, 11) is 1.52. The van der Waals surface area contributed by atoms with Crippen LogP contribution in [0.4, 0.5) is 31.8 Å². The fourth-order valence-corrected chi connectivity index (χ4v) is 4.60. The first-order valence-electron chi connectivity index (χ1n) is 14.1. The maximum Gasteiger partial charge on any atom is 0.271 e. The molecule has 4 N–H and O–H groups in total. The molecule has 0 aliphatic carbocycles. The van der Waals surface area contributed by atoms with Crippen molar-refractivity contribution in [3.63, 3.8) is 0 Å². The molecule has 0 bridgehead atoms. The third kappa shape index (κ3) is 7.33. The highest BCUT2D eigenvalue weighted by Gasteiger charge is 2.18. The van der Waals surface area contributed by atoms with Crippen LogP contribution in [-0.2, 0) is 11.4 Å². The molecule has 3 heterocycles. The Hall–Kier alpha value is -4.95. The number of rotatable bonds is 11. The van der Waals surface area contributed by atoms with Gasteiger partial charge >= 0.3 is 0 Å². The number of hydrogen-bond donors (Lipinski definition) is 4. The van der Waals surface area contributed by atoms with Gasteiger partial charge in [-0.3, -0.25) is 14.5 Å². The van der Waals surface area contributed by atoms with E-state index in [0.29, 0.717) is 35.4 Å². The standard InChI is InChI=1S/C30H33F2N9O3/c1-19-3-5-22(37-29(42)20-4-6-23(32)21(13-20)17-31)14-24(19)38-28-15-25(30(43)33-2)39-41(28)27-16-26(35-18-36-27)34-7-8-40-9-11-44-12-10-40/h3-6,13-16,18,38H,7-12,17H2,1-2H3,(H,33,43)(H,37,42)(H,34,35,36). The number of halogens is 2. The van der Waals surface area contributed by atoms with Gasteiger partial charge in [0.2, 0.25) is 0 Å². The summed E-state index contributed by atoms with van der Waals surface area (Å²) in [5.74, 6) is -0.139. The highest BCUT2D eigenvalue weighted by atomic mass is 19.1. The van der Waals surface area contributed by atoms with Crippen molar-refractivity contribution >= 4 is 34.8 Å². The third-order valence-electron chi connectivity index (χ3n) is 7.09. The minimum Gasteiger partial charge on any atom is -0.379 e. The number of aryl methyl sites for hydroxylation is 1. The smallest absolute Gasteiger partial charge is 0.271 e. The molecule has 1 aliphatic heterocycles. The lowest BCUT2D eigenvalue weighted by molar-refractivity contribution is 0.0398. The summed E-state index contributed by atoms with van der Waals surface area (Å²) in [5, 5.41) is 16.4. The van der Waals surface area contributed by atoms with Crippen LogP contribution in [0.3, 0.4) is 0 Å². The Balaban J connectivity index is 1.36. The zero-order valence-electron chi connectivity index (χ0n) is 24.4. The van der Waals surface area contributed by atoms with Gasteiger partial charge in [-0.25, -0.2) is 18.7 Å². The fourth-order valence-electron chi connectivity index (χ4n) is 4.60.